The third kappa shape index (κ3) is 82.0. The van der Waals surface area contributed by atoms with E-state index >= 15 is 0 Å². The first-order valence-corrected chi connectivity index (χ1v) is 5.84. The van der Waals surface area contributed by atoms with Gasteiger partial charge in [-0.3, -0.25) is 0 Å². The summed E-state index contributed by atoms with van der Waals surface area (Å²) in [4.78, 5) is 8.72. The van der Waals surface area contributed by atoms with Gasteiger partial charge in [0.2, 0.25) is 0 Å². The SMILES string of the molecule is CN(C)CCN(C)C.CN(C)CCN(C)C.[CH3-].[CH3-].[CH3-].[CH3-].[Li+].[Li+].[Mn+2]. The van der Waals surface area contributed by atoms with Gasteiger partial charge in [-0.25, -0.2) is 0 Å². The van der Waals surface area contributed by atoms with Gasteiger partial charge in [0.15, 0.2) is 0 Å². The molecule has 0 saturated carbocycles. The zero-order valence-corrected chi connectivity index (χ0v) is 20.2. The van der Waals surface area contributed by atoms with E-state index < -0.39 is 0 Å². The van der Waals surface area contributed by atoms with Gasteiger partial charge in [-0.1, -0.05) is 0 Å². The number of nitrogens with zero attached hydrogens (tertiary/aromatic N) is 4. The van der Waals surface area contributed by atoms with Crippen LogP contribution in [0, 0.1) is 29.7 Å². The van der Waals surface area contributed by atoms with Crippen LogP contribution in [0.4, 0.5) is 0 Å². The molecule has 1 radical (unpaired) electrons. The minimum atomic E-state index is 0. The van der Waals surface area contributed by atoms with E-state index in [-0.39, 0.29) is 84.5 Å². The van der Waals surface area contributed by atoms with Gasteiger partial charge in [0.25, 0.3) is 0 Å². The van der Waals surface area contributed by atoms with E-state index in [1.807, 2.05) is 0 Å². The van der Waals surface area contributed by atoms with Crippen molar-refractivity contribution >= 4 is 0 Å². The van der Waals surface area contributed by atoms with Crippen LogP contribution in [0.15, 0.2) is 0 Å². The van der Waals surface area contributed by atoms with Crippen LogP contribution >= 0.6 is 0 Å². The molecule has 0 aromatic heterocycles. The van der Waals surface area contributed by atoms with E-state index in [2.05, 4.69) is 76.0 Å². The Morgan fingerprint density at radius 3 is 0.522 bits per heavy atom. The molecule has 0 aliphatic rings. The molecule has 0 amide bonds. The van der Waals surface area contributed by atoms with Crippen LogP contribution in [0.1, 0.15) is 0 Å². The average molecular weight is 361 g/mol. The molecule has 0 aromatic carbocycles. The summed E-state index contributed by atoms with van der Waals surface area (Å²) >= 11 is 0. The molecular weight excluding hydrogens is 317 g/mol. The first kappa shape index (κ1) is 56.3. The standard InChI is InChI=1S/2C6H16N2.4CH3.2Li.Mn/c2*1-7(2)5-6-8(3)4;;;;;;;/h2*5-6H2,1-4H3;4*1H3;;;/q;;4*-1;2*+1;+2. The van der Waals surface area contributed by atoms with Crippen LogP contribution in [0.3, 0.4) is 0 Å². The van der Waals surface area contributed by atoms with Gasteiger partial charge in [-0.15, -0.1) is 0 Å². The van der Waals surface area contributed by atoms with Gasteiger partial charge in [0, 0.05) is 26.2 Å². The molecule has 0 fully saturated rings. The molecule has 137 valence electrons. The van der Waals surface area contributed by atoms with Crippen molar-refractivity contribution in [2.24, 2.45) is 0 Å². The summed E-state index contributed by atoms with van der Waals surface area (Å²) in [5.74, 6) is 0. The fourth-order valence-corrected chi connectivity index (χ4v) is 0.800. The Balaban J connectivity index is -0.0000000187. The number of hydrogen-bond acceptors (Lipinski definition) is 4. The first-order valence-electron chi connectivity index (χ1n) is 5.84. The number of hydrogen-bond donors (Lipinski definition) is 0. The zero-order valence-electron chi connectivity index (χ0n) is 19.0. The Morgan fingerprint density at radius 2 is 0.478 bits per heavy atom. The monoisotopic (exact) mass is 361 g/mol. The minimum absolute atomic E-state index is 0. The molecule has 0 unspecified atom stereocenters. The second-order valence-electron chi connectivity index (χ2n) is 5.21. The smallest absolute Gasteiger partial charge is 0.358 e. The normalized spacial score (nSPS) is 7.83. The van der Waals surface area contributed by atoms with Gasteiger partial charge < -0.3 is 49.3 Å². The Morgan fingerprint density at radius 1 is 0.391 bits per heavy atom. The maximum Gasteiger partial charge on any atom is 2.00 e. The molecule has 0 heterocycles. The molecule has 0 N–H and O–H groups in total. The Bertz CT molecular complexity index is 118. The van der Waals surface area contributed by atoms with Gasteiger partial charge in [0.1, 0.15) is 0 Å². The molecule has 0 bridgehead atoms. The minimum Gasteiger partial charge on any atom is -0.358 e. The molecule has 0 atom stereocenters. The van der Waals surface area contributed by atoms with Crippen molar-refractivity contribution < 1.29 is 54.8 Å². The van der Waals surface area contributed by atoms with Crippen molar-refractivity contribution in [2.75, 3.05) is 82.6 Å². The van der Waals surface area contributed by atoms with Crippen molar-refractivity contribution in [3.63, 3.8) is 0 Å². The van der Waals surface area contributed by atoms with Crippen molar-refractivity contribution in [3.05, 3.63) is 29.7 Å². The molecule has 23 heavy (non-hydrogen) atoms. The quantitative estimate of drug-likeness (QED) is 0.354. The molecule has 0 aliphatic carbocycles. The van der Waals surface area contributed by atoms with Crippen molar-refractivity contribution in [1.82, 2.24) is 19.6 Å². The largest absolute Gasteiger partial charge is 2.00 e. The molecule has 7 heteroatoms. The molecule has 0 spiro atoms. The van der Waals surface area contributed by atoms with Gasteiger partial charge >= 0.3 is 54.8 Å². The van der Waals surface area contributed by atoms with Crippen molar-refractivity contribution in [3.8, 4) is 0 Å². The van der Waals surface area contributed by atoms with Crippen LogP contribution in [-0.4, -0.2) is 102 Å². The third-order valence-electron chi connectivity index (χ3n) is 1.99. The molecule has 0 aromatic rings. The summed E-state index contributed by atoms with van der Waals surface area (Å²) in [5.41, 5.74) is 0. The summed E-state index contributed by atoms with van der Waals surface area (Å²) in [5, 5.41) is 0. The van der Waals surface area contributed by atoms with E-state index in [1.54, 1.807) is 0 Å². The summed E-state index contributed by atoms with van der Waals surface area (Å²) in [6, 6.07) is 0. The van der Waals surface area contributed by atoms with Crippen molar-refractivity contribution in [1.29, 1.82) is 0 Å². The molecule has 0 saturated heterocycles. The van der Waals surface area contributed by atoms with Gasteiger partial charge in [-0.05, 0) is 56.4 Å². The summed E-state index contributed by atoms with van der Waals surface area (Å²) in [6.07, 6.45) is 0. The van der Waals surface area contributed by atoms with Crippen LogP contribution in [0.25, 0.3) is 0 Å². The first-order chi connectivity index (χ1) is 7.25. The second kappa shape index (κ2) is 38.9. The molecular formula is C16H44Li2MnN4. The summed E-state index contributed by atoms with van der Waals surface area (Å²) in [7, 11) is 16.7. The fraction of sp³-hybridized carbons (Fsp3) is 0.750. The predicted octanol–water partition coefficient (Wildman–Crippen LogP) is -3.97. The second-order valence-corrected chi connectivity index (χ2v) is 5.21. The van der Waals surface area contributed by atoms with Crippen LogP contribution in [0.5, 0.6) is 0 Å². The fourth-order valence-electron chi connectivity index (χ4n) is 0.800. The van der Waals surface area contributed by atoms with Gasteiger partial charge in [0.05, 0.1) is 0 Å². The predicted molar refractivity (Wildman–Crippen MR) is 99.9 cm³/mol. The number of likely N-dealkylation sites (N-methyl/N-ethyl adjacent to an activating group) is 4. The Labute approximate surface area is 185 Å². The van der Waals surface area contributed by atoms with Crippen LogP contribution in [-0.2, 0) is 17.1 Å². The van der Waals surface area contributed by atoms with Crippen LogP contribution in [0.2, 0.25) is 0 Å². The van der Waals surface area contributed by atoms with E-state index in [4.69, 9.17) is 0 Å². The topological polar surface area (TPSA) is 13.0 Å². The molecule has 0 aliphatic heterocycles. The van der Waals surface area contributed by atoms with Crippen LogP contribution < -0.4 is 37.7 Å². The van der Waals surface area contributed by atoms with E-state index in [0.29, 0.717) is 0 Å². The zero-order chi connectivity index (χ0) is 13.1. The van der Waals surface area contributed by atoms with E-state index in [1.165, 1.54) is 0 Å². The Hall–Kier alpha value is 1.55. The van der Waals surface area contributed by atoms with E-state index in [9.17, 15) is 0 Å². The van der Waals surface area contributed by atoms with Gasteiger partial charge in [-0.2, -0.15) is 0 Å². The Kier molecular flexibility index (Phi) is 95.2. The van der Waals surface area contributed by atoms with Crippen molar-refractivity contribution in [2.45, 2.75) is 0 Å². The maximum atomic E-state index is 2.18. The third-order valence-corrected chi connectivity index (χ3v) is 1.99. The van der Waals surface area contributed by atoms with E-state index in [0.717, 1.165) is 26.2 Å². The maximum absolute atomic E-state index is 2.18. The summed E-state index contributed by atoms with van der Waals surface area (Å²) < 4.78 is 0. The molecule has 4 nitrogen and oxygen atoms in total. The summed E-state index contributed by atoms with van der Waals surface area (Å²) in [6.45, 7) is 4.58. The molecule has 0 rings (SSSR count). The number of rotatable bonds is 6. The average Bonchev–Trinajstić information content (AvgIpc) is 2.12.